The van der Waals surface area contributed by atoms with Crippen molar-refractivity contribution < 1.29 is 4.74 Å². The third-order valence-electron chi connectivity index (χ3n) is 2.67. The van der Waals surface area contributed by atoms with Crippen molar-refractivity contribution in [1.29, 1.82) is 0 Å². The Labute approximate surface area is 141 Å². The van der Waals surface area contributed by atoms with Crippen LogP contribution in [0.4, 0.5) is 0 Å². The van der Waals surface area contributed by atoms with E-state index in [4.69, 9.17) is 33.7 Å². The second-order valence-corrected chi connectivity index (χ2v) is 7.24. The zero-order valence-electron chi connectivity index (χ0n) is 10.8. The number of thiophene rings is 1. The lowest BCUT2D eigenvalue weighted by atomic mass is 10.1. The lowest BCUT2D eigenvalue weighted by Crippen LogP contribution is -2.18. The molecule has 1 heterocycles. The molecule has 0 aliphatic heterocycles. The Morgan fingerprint density at radius 2 is 2.15 bits per heavy atom. The molecule has 0 fully saturated rings. The van der Waals surface area contributed by atoms with Crippen LogP contribution in [0.5, 0.6) is 5.75 Å². The van der Waals surface area contributed by atoms with E-state index in [0.717, 1.165) is 14.9 Å². The number of ether oxygens (including phenoxy) is 1. The quantitative estimate of drug-likeness (QED) is 0.747. The molecule has 1 aromatic heterocycles. The number of benzene rings is 1. The summed E-state index contributed by atoms with van der Waals surface area (Å²) >= 11 is 17.4. The Hall–Kier alpha value is -0.260. The van der Waals surface area contributed by atoms with Gasteiger partial charge >= 0.3 is 0 Å². The van der Waals surface area contributed by atoms with Gasteiger partial charge in [-0.15, -0.1) is 11.3 Å². The van der Waals surface area contributed by atoms with E-state index in [1.165, 1.54) is 0 Å². The molecule has 2 N–H and O–H groups in total. The van der Waals surface area contributed by atoms with E-state index < -0.39 is 0 Å². The van der Waals surface area contributed by atoms with Gasteiger partial charge in [0.25, 0.3) is 0 Å². The van der Waals surface area contributed by atoms with Gasteiger partial charge < -0.3 is 10.5 Å². The minimum atomic E-state index is 0.0142. The predicted molar refractivity (Wildman–Crippen MR) is 90.2 cm³/mol. The summed E-state index contributed by atoms with van der Waals surface area (Å²) in [6.07, 6.45) is 0.668. The molecule has 0 amide bonds. The van der Waals surface area contributed by atoms with Crippen LogP contribution < -0.4 is 10.5 Å². The molecular formula is C14H14BrCl2NOS. The Morgan fingerprint density at radius 3 is 2.75 bits per heavy atom. The normalized spacial score (nSPS) is 12.4. The van der Waals surface area contributed by atoms with Crippen molar-refractivity contribution in [3.8, 4) is 5.75 Å². The summed E-state index contributed by atoms with van der Waals surface area (Å²) < 4.78 is 6.93. The Balaban J connectivity index is 2.23. The van der Waals surface area contributed by atoms with Gasteiger partial charge in [0.1, 0.15) is 12.4 Å². The topological polar surface area (TPSA) is 35.2 Å². The number of rotatable bonds is 5. The van der Waals surface area contributed by atoms with Gasteiger partial charge in [0, 0.05) is 15.5 Å². The third kappa shape index (κ3) is 4.12. The van der Waals surface area contributed by atoms with Crippen molar-refractivity contribution >= 4 is 50.5 Å². The molecule has 0 aliphatic carbocycles. The molecule has 1 atom stereocenters. The van der Waals surface area contributed by atoms with Gasteiger partial charge in [-0.3, -0.25) is 0 Å². The van der Waals surface area contributed by atoms with Crippen LogP contribution >= 0.6 is 50.5 Å². The smallest absolute Gasteiger partial charge is 0.141 e. The van der Waals surface area contributed by atoms with Gasteiger partial charge in [0.15, 0.2) is 0 Å². The number of nitrogens with two attached hydrogens (primary N) is 1. The monoisotopic (exact) mass is 393 g/mol. The van der Waals surface area contributed by atoms with Crippen LogP contribution in [-0.2, 0) is 13.0 Å². The molecule has 0 saturated carbocycles. The molecule has 1 unspecified atom stereocenters. The molecule has 0 spiro atoms. The highest BCUT2D eigenvalue weighted by atomic mass is 79.9. The maximum Gasteiger partial charge on any atom is 0.141 e. The summed E-state index contributed by atoms with van der Waals surface area (Å²) in [5.74, 6) is 0.661. The van der Waals surface area contributed by atoms with E-state index in [9.17, 15) is 0 Å². The van der Waals surface area contributed by atoms with Crippen LogP contribution in [0.25, 0.3) is 0 Å². The fraction of sp³-hybridized carbons (Fsp3) is 0.286. The van der Waals surface area contributed by atoms with E-state index in [2.05, 4.69) is 15.9 Å². The van der Waals surface area contributed by atoms with E-state index in [1.54, 1.807) is 17.4 Å². The number of hydrogen-bond donors (Lipinski definition) is 1. The van der Waals surface area contributed by atoms with Gasteiger partial charge in [0.05, 0.1) is 9.90 Å². The van der Waals surface area contributed by atoms with Gasteiger partial charge in [-0.25, -0.2) is 0 Å². The summed E-state index contributed by atoms with van der Waals surface area (Å²) in [4.78, 5) is 1.11. The fourth-order valence-electron chi connectivity index (χ4n) is 1.84. The molecule has 2 aromatic rings. The number of hydrogen-bond acceptors (Lipinski definition) is 3. The Morgan fingerprint density at radius 1 is 1.40 bits per heavy atom. The minimum Gasteiger partial charge on any atom is -0.486 e. The first-order valence-corrected chi connectivity index (χ1v) is 8.48. The van der Waals surface area contributed by atoms with Crippen molar-refractivity contribution in [1.82, 2.24) is 0 Å². The van der Waals surface area contributed by atoms with Gasteiger partial charge in [-0.2, -0.15) is 0 Å². The molecule has 6 heteroatoms. The van der Waals surface area contributed by atoms with Crippen LogP contribution in [0.2, 0.25) is 10.0 Å². The highest BCUT2D eigenvalue weighted by Crippen LogP contribution is 2.34. The fourth-order valence-corrected chi connectivity index (χ4v) is 3.81. The Kier molecular flexibility index (Phi) is 5.75. The highest BCUT2D eigenvalue weighted by molar-refractivity contribution is 9.10. The average molecular weight is 395 g/mol. The summed E-state index contributed by atoms with van der Waals surface area (Å²) in [5, 5.41) is 3.12. The van der Waals surface area contributed by atoms with Crippen LogP contribution in [0, 0.1) is 0 Å². The van der Waals surface area contributed by atoms with Crippen LogP contribution in [0.15, 0.2) is 28.1 Å². The second-order valence-electron chi connectivity index (χ2n) is 4.54. The van der Waals surface area contributed by atoms with Crippen molar-refractivity contribution in [2.45, 2.75) is 26.0 Å². The minimum absolute atomic E-state index is 0.0142. The summed E-state index contributed by atoms with van der Waals surface area (Å²) in [5.41, 5.74) is 6.80. The molecule has 0 saturated heterocycles. The molecule has 108 valence electrons. The van der Waals surface area contributed by atoms with Crippen molar-refractivity contribution in [2.24, 2.45) is 5.73 Å². The maximum absolute atomic E-state index is 6.24. The molecule has 20 heavy (non-hydrogen) atoms. The molecule has 2 nitrogen and oxygen atoms in total. The third-order valence-corrected chi connectivity index (χ3v) is 5.06. The average Bonchev–Trinajstić information content (AvgIpc) is 2.73. The zero-order valence-corrected chi connectivity index (χ0v) is 14.7. The first-order valence-electron chi connectivity index (χ1n) is 6.05. The number of halogens is 3. The molecule has 0 aliphatic rings. The lowest BCUT2D eigenvalue weighted by molar-refractivity contribution is 0.305. The van der Waals surface area contributed by atoms with E-state index in [0.29, 0.717) is 28.8 Å². The van der Waals surface area contributed by atoms with Crippen LogP contribution in [0.3, 0.4) is 0 Å². The lowest BCUT2D eigenvalue weighted by Gasteiger charge is -2.15. The molecular weight excluding hydrogens is 381 g/mol. The van der Waals surface area contributed by atoms with Gasteiger partial charge in [-0.05, 0) is 58.4 Å². The Bertz CT molecular complexity index is 601. The SMILES string of the molecule is CC(N)Cc1cc(Cl)cc(Cl)c1OCc1sccc1Br. The predicted octanol–water partition coefficient (Wildman–Crippen LogP) is 5.29. The van der Waals surface area contributed by atoms with Crippen LogP contribution in [0.1, 0.15) is 17.4 Å². The maximum atomic E-state index is 6.24. The van der Waals surface area contributed by atoms with E-state index in [1.807, 2.05) is 24.4 Å². The molecule has 0 radical (unpaired) electrons. The summed E-state index contributed by atoms with van der Waals surface area (Å²) in [7, 11) is 0. The molecule has 1 aromatic carbocycles. The summed E-state index contributed by atoms with van der Waals surface area (Å²) in [6, 6.07) is 5.55. The standard InChI is InChI=1S/C14H14BrCl2NOS/c1-8(18)4-9-5-10(16)6-12(17)14(9)19-7-13-11(15)2-3-20-13/h2-3,5-6,8H,4,7,18H2,1H3. The largest absolute Gasteiger partial charge is 0.486 e. The summed E-state index contributed by atoms with van der Waals surface area (Å²) in [6.45, 7) is 2.40. The van der Waals surface area contributed by atoms with Gasteiger partial charge in [-0.1, -0.05) is 23.2 Å². The van der Waals surface area contributed by atoms with E-state index >= 15 is 0 Å². The molecule has 0 bridgehead atoms. The zero-order chi connectivity index (χ0) is 14.7. The van der Waals surface area contributed by atoms with Crippen molar-refractivity contribution in [2.75, 3.05) is 0 Å². The van der Waals surface area contributed by atoms with E-state index in [-0.39, 0.29) is 6.04 Å². The van der Waals surface area contributed by atoms with Crippen LogP contribution in [-0.4, -0.2) is 6.04 Å². The second kappa shape index (κ2) is 7.14. The first-order chi connectivity index (χ1) is 9.47. The van der Waals surface area contributed by atoms with Crippen molar-refractivity contribution in [3.05, 3.63) is 48.5 Å². The highest BCUT2D eigenvalue weighted by Gasteiger charge is 2.13. The van der Waals surface area contributed by atoms with Gasteiger partial charge in [0.2, 0.25) is 0 Å². The van der Waals surface area contributed by atoms with Crippen molar-refractivity contribution in [3.63, 3.8) is 0 Å². The molecule has 2 rings (SSSR count). The first kappa shape index (κ1) is 16.1.